The molecular formula is C18H21N5O3S. The summed E-state index contributed by atoms with van der Waals surface area (Å²) in [5, 5.41) is 13.5. The van der Waals surface area contributed by atoms with Crippen LogP contribution in [-0.2, 0) is 10.0 Å². The monoisotopic (exact) mass is 387 g/mol. The van der Waals surface area contributed by atoms with Crippen LogP contribution in [0.5, 0.6) is 0 Å². The van der Waals surface area contributed by atoms with Crippen LogP contribution >= 0.6 is 0 Å². The zero-order valence-electron chi connectivity index (χ0n) is 14.7. The minimum Gasteiger partial charge on any atom is -0.338 e. The van der Waals surface area contributed by atoms with Gasteiger partial charge in [0.05, 0.1) is 16.5 Å². The number of H-pyrrole nitrogens is 1. The molecule has 9 heteroatoms. The lowest BCUT2D eigenvalue weighted by molar-refractivity contribution is 0.338. The van der Waals surface area contributed by atoms with E-state index in [-0.39, 0.29) is 16.5 Å². The van der Waals surface area contributed by atoms with Gasteiger partial charge in [-0.1, -0.05) is 19.3 Å². The normalized spacial score (nSPS) is 15.9. The molecule has 0 saturated heterocycles. The number of benzene rings is 1. The van der Waals surface area contributed by atoms with Gasteiger partial charge in [0.1, 0.15) is 5.39 Å². The molecule has 0 spiro atoms. The van der Waals surface area contributed by atoms with Crippen LogP contribution in [0, 0.1) is 0 Å². The highest BCUT2D eigenvalue weighted by Crippen LogP contribution is 2.32. The molecule has 0 unspecified atom stereocenters. The predicted octanol–water partition coefficient (Wildman–Crippen LogP) is 2.62. The minimum absolute atomic E-state index is 0.0310. The fraction of sp³-hybridized carbons (Fsp3) is 0.333. The molecule has 1 fully saturated rings. The van der Waals surface area contributed by atoms with Gasteiger partial charge < -0.3 is 10.3 Å². The van der Waals surface area contributed by atoms with Crippen LogP contribution in [0.15, 0.2) is 46.2 Å². The van der Waals surface area contributed by atoms with Gasteiger partial charge >= 0.3 is 0 Å². The highest BCUT2D eigenvalue weighted by Gasteiger charge is 2.22. The Kier molecular flexibility index (Phi) is 4.48. The summed E-state index contributed by atoms with van der Waals surface area (Å²) in [6.45, 7) is 0. The second-order valence-corrected chi connectivity index (χ2v) is 8.41. The lowest BCUT2D eigenvalue weighted by Crippen LogP contribution is -2.14. The van der Waals surface area contributed by atoms with Gasteiger partial charge in [-0.05, 0) is 43.2 Å². The van der Waals surface area contributed by atoms with Gasteiger partial charge in [-0.15, -0.1) is 0 Å². The molecule has 1 aliphatic carbocycles. The first-order valence-electron chi connectivity index (χ1n) is 8.93. The van der Waals surface area contributed by atoms with Crippen molar-refractivity contribution < 1.29 is 8.42 Å². The number of fused-ring (bicyclic) bond motifs is 1. The maximum atomic E-state index is 12.4. The lowest BCUT2D eigenvalue weighted by Gasteiger charge is -2.22. The highest BCUT2D eigenvalue weighted by atomic mass is 32.2. The summed E-state index contributed by atoms with van der Waals surface area (Å²) in [7, 11) is -3.75. The molecule has 1 aromatic carbocycles. The molecule has 2 heterocycles. The number of nitrogens with zero attached hydrogens (tertiary/aromatic N) is 2. The van der Waals surface area contributed by atoms with Crippen molar-refractivity contribution in [1.29, 1.82) is 0 Å². The number of aromatic nitrogens is 3. The highest BCUT2D eigenvalue weighted by molar-refractivity contribution is 7.89. The van der Waals surface area contributed by atoms with Crippen LogP contribution in [0.25, 0.3) is 10.9 Å². The molecule has 0 radical (unpaired) electrons. The summed E-state index contributed by atoms with van der Waals surface area (Å²) < 4.78 is 24.7. The van der Waals surface area contributed by atoms with E-state index < -0.39 is 10.0 Å². The average Bonchev–Trinajstić information content (AvgIpc) is 3.02. The Morgan fingerprint density at radius 2 is 1.81 bits per heavy atom. The zero-order chi connectivity index (χ0) is 19.0. The maximum absolute atomic E-state index is 12.4. The number of nitrogens with one attached hydrogen (secondary N) is 2. The van der Waals surface area contributed by atoms with Crippen LogP contribution < -0.4 is 16.0 Å². The second kappa shape index (κ2) is 6.82. The number of hydrogen-bond donors (Lipinski definition) is 3. The SMILES string of the molecule is NS(=O)(=O)c1ccc(Nc2nn(C3CCCCC3)c3cc[nH]c(=O)c23)cc1. The zero-order valence-corrected chi connectivity index (χ0v) is 15.5. The molecular weight excluding hydrogens is 366 g/mol. The standard InChI is InChI=1S/C18H21N5O3S/c19-27(25,26)14-8-6-12(7-9-14)21-17-16-15(10-11-20-18(16)24)23(22-17)13-4-2-1-3-5-13/h6-11,13H,1-5H2,(H,20,24)(H,21,22)(H2,19,25,26). The molecule has 2 aromatic heterocycles. The van der Waals surface area contributed by atoms with E-state index >= 15 is 0 Å². The Morgan fingerprint density at radius 1 is 1.11 bits per heavy atom. The molecule has 142 valence electrons. The van der Waals surface area contributed by atoms with Gasteiger partial charge in [-0.25, -0.2) is 13.6 Å². The Bertz CT molecular complexity index is 1130. The van der Waals surface area contributed by atoms with Crippen molar-refractivity contribution >= 4 is 32.4 Å². The van der Waals surface area contributed by atoms with Gasteiger partial charge in [0.25, 0.3) is 5.56 Å². The van der Waals surface area contributed by atoms with E-state index in [1.807, 2.05) is 10.7 Å². The Balaban J connectivity index is 1.74. The van der Waals surface area contributed by atoms with Crippen LogP contribution in [0.1, 0.15) is 38.1 Å². The summed E-state index contributed by atoms with van der Waals surface area (Å²) in [5.74, 6) is 0.459. The van der Waals surface area contributed by atoms with Crippen molar-refractivity contribution in [2.24, 2.45) is 5.14 Å². The summed E-state index contributed by atoms with van der Waals surface area (Å²) in [6.07, 6.45) is 7.28. The van der Waals surface area contributed by atoms with Crippen LogP contribution in [-0.4, -0.2) is 23.2 Å². The molecule has 1 aliphatic rings. The average molecular weight is 387 g/mol. The number of rotatable bonds is 4. The van der Waals surface area contributed by atoms with Crippen molar-refractivity contribution in [3.63, 3.8) is 0 Å². The molecule has 1 saturated carbocycles. The largest absolute Gasteiger partial charge is 0.338 e. The predicted molar refractivity (Wildman–Crippen MR) is 104 cm³/mol. The molecule has 27 heavy (non-hydrogen) atoms. The molecule has 0 amide bonds. The second-order valence-electron chi connectivity index (χ2n) is 6.85. The van der Waals surface area contributed by atoms with Gasteiger partial charge in [0.2, 0.25) is 10.0 Å². The van der Waals surface area contributed by atoms with Gasteiger partial charge in [-0.2, -0.15) is 5.10 Å². The molecule has 3 aromatic rings. The van der Waals surface area contributed by atoms with Gasteiger partial charge in [-0.3, -0.25) is 9.48 Å². The number of aromatic amines is 1. The number of primary sulfonamides is 1. The first-order chi connectivity index (χ1) is 12.9. The summed E-state index contributed by atoms with van der Waals surface area (Å²) in [4.78, 5) is 15.2. The van der Waals surface area contributed by atoms with Gasteiger partial charge in [0.15, 0.2) is 5.82 Å². The lowest BCUT2D eigenvalue weighted by atomic mass is 9.95. The number of pyridine rings is 1. The molecule has 4 N–H and O–H groups in total. The topological polar surface area (TPSA) is 123 Å². The first kappa shape index (κ1) is 17.7. The number of nitrogens with two attached hydrogens (primary N) is 1. The van der Waals surface area contributed by atoms with E-state index in [9.17, 15) is 13.2 Å². The fourth-order valence-corrected chi connectivity index (χ4v) is 4.17. The van der Waals surface area contributed by atoms with Crippen molar-refractivity contribution in [3.05, 3.63) is 46.9 Å². The molecule has 0 aliphatic heterocycles. The van der Waals surface area contributed by atoms with E-state index in [1.165, 1.54) is 18.6 Å². The molecule has 4 rings (SSSR count). The van der Waals surface area contributed by atoms with E-state index in [0.717, 1.165) is 31.2 Å². The molecule has 8 nitrogen and oxygen atoms in total. The van der Waals surface area contributed by atoms with Crippen LogP contribution in [0.4, 0.5) is 11.5 Å². The van der Waals surface area contributed by atoms with Crippen molar-refractivity contribution in [3.8, 4) is 0 Å². The number of sulfonamides is 1. The molecule has 0 bridgehead atoms. The third-order valence-corrected chi connectivity index (χ3v) is 5.93. The van der Waals surface area contributed by atoms with E-state index in [4.69, 9.17) is 5.14 Å². The van der Waals surface area contributed by atoms with Crippen molar-refractivity contribution in [2.45, 2.75) is 43.0 Å². The summed E-state index contributed by atoms with van der Waals surface area (Å²) in [5.41, 5.74) is 1.22. The summed E-state index contributed by atoms with van der Waals surface area (Å²) >= 11 is 0. The van der Waals surface area contributed by atoms with E-state index in [2.05, 4.69) is 15.4 Å². The number of hydrogen-bond acceptors (Lipinski definition) is 5. The summed E-state index contributed by atoms with van der Waals surface area (Å²) in [6, 6.07) is 8.19. The van der Waals surface area contributed by atoms with Crippen LogP contribution in [0.2, 0.25) is 0 Å². The minimum atomic E-state index is -3.75. The van der Waals surface area contributed by atoms with Crippen LogP contribution in [0.3, 0.4) is 0 Å². The van der Waals surface area contributed by atoms with Crippen molar-refractivity contribution in [1.82, 2.24) is 14.8 Å². The third-order valence-electron chi connectivity index (χ3n) is 5.00. The quantitative estimate of drug-likeness (QED) is 0.635. The Morgan fingerprint density at radius 3 is 2.48 bits per heavy atom. The van der Waals surface area contributed by atoms with Gasteiger partial charge in [0, 0.05) is 11.9 Å². The first-order valence-corrected chi connectivity index (χ1v) is 10.5. The Labute approximate surface area is 156 Å². The van der Waals surface area contributed by atoms with E-state index in [0.29, 0.717) is 16.9 Å². The number of anilines is 2. The van der Waals surface area contributed by atoms with Crippen molar-refractivity contribution in [2.75, 3.05) is 5.32 Å². The smallest absolute Gasteiger partial charge is 0.261 e. The third kappa shape index (κ3) is 3.47. The molecule has 0 atom stereocenters. The van der Waals surface area contributed by atoms with E-state index in [1.54, 1.807) is 18.3 Å². The Hall–Kier alpha value is -2.65. The fourth-order valence-electron chi connectivity index (χ4n) is 3.66. The maximum Gasteiger partial charge on any atom is 0.261 e.